The Bertz CT molecular complexity index is 361. The van der Waals surface area contributed by atoms with Crippen molar-refractivity contribution in [2.75, 3.05) is 0 Å². The van der Waals surface area contributed by atoms with Crippen LogP contribution in [0.5, 0.6) is 0 Å². The van der Waals surface area contributed by atoms with E-state index < -0.39 is 40.0 Å². The lowest BCUT2D eigenvalue weighted by atomic mass is 10.2. The van der Waals surface area contributed by atoms with E-state index in [2.05, 4.69) is 4.31 Å². The molecule has 0 saturated heterocycles. The van der Waals surface area contributed by atoms with Crippen LogP contribution in [0.2, 0.25) is 0 Å². The first-order chi connectivity index (χ1) is 7.74. The lowest BCUT2D eigenvalue weighted by Gasteiger charge is -2.03. The van der Waals surface area contributed by atoms with Crippen LogP contribution in [-0.4, -0.2) is 47.8 Å². The van der Waals surface area contributed by atoms with Crippen LogP contribution < -0.4 is 5.73 Å². The largest absolute Gasteiger partial charge is 0.481 e. The fourth-order valence-electron chi connectivity index (χ4n) is 0.414. The van der Waals surface area contributed by atoms with Crippen LogP contribution in [0, 0.1) is 0 Å². The molecule has 18 heavy (non-hydrogen) atoms. The highest BCUT2D eigenvalue weighted by Gasteiger charge is 2.27. The fraction of sp³-hybridized carbons (Fsp3) is 0.500. The van der Waals surface area contributed by atoms with Gasteiger partial charge in [-0.15, -0.1) is 0 Å². The highest BCUT2D eigenvalue weighted by molar-refractivity contribution is 7.60. The second kappa shape index (κ2) is 7.56. The predicted octanol–water partition coefficient (Wildman–Crippen LogP) is -1.94. The second-order valence-electron chi connectivity index (χ2n) is 2.61. The van der Waals surface area contributed by atoms with Crippen molar-refractivity contribution in [3.8, 4) is 0 Å². The summed E-state index contributed by atoms with van der Waals surface area (Å²) in [5.41, 5.74) is 4.84. The highest BCUT2D eigenvalue weighted by atomic mass is 31.3. The van der Waals surface area contributed by atoms with Gasteiger partial charge in [0.15, 0.2) is 0 Å². The summed E-state index contributed by atoms with van der Waals surface area (Å²) in [7, 11) is -10.1. The minimum absolute atomic E-state index is 0.532. The quantitative estimate of drug-likeness (QED) is 0.275. The third-order valence-electron chi connectivity index (χ3n) is 0.924. The van der Waals surface area contributed by atoms with Crippen molar-refractivity contribution in [2.45, 2.75) is 12.5 Å². The molecular formula is C4H11NO11P2. The van der Waals surface area contributed by atoms with E-state index in [1.807, 2.05) is 0 Å². The molecular weight excluding hydrogens is 300 g/mol. The van der Waals surface area contributed by atoms with E-state index in [4.69, 9.17) is 35.5 Å². The number of carboxylic acids is 2. The number of phosphoric acid groups is 2. The summed E-state index contributed by atoms with van der Waals surface area (Å²) in [6.45, 7) is 0. The van der Waals surface area contributed by atoms with Gasteiger partial charge in [-0.25, -0.2) is 9.13 Å². The van der Waals surface area contributed by atoms with Crippen molar-refractivity contribution >= 4 is 27.6 Å². The molecule has 0 fully saturated rings. The average Bonchev–Trinajstić information content (AvgIpc) is 1.95. The zero-order valence-corrected chi connectivity index (χ0v) is 10.3. The van der Waals surface area contributed by atoms with Gasteiger partial charge < -0.3 is 35.5 Å². The molecule has 0 heterocycles. The van der Waals surface area contributed by atoms with Crippen LogP contribution in [-0.2, 0) is 23.0 Å². The predicted molar refractivity (Wildman–Crippen MR) is 53.0 cm³/mol. The van der Waals surface area contributed by atoms with Crippen LogP contribution in [0.15, 0.2) is 0 Å². The first-order valence-corrected chi connectivity index (χ1v) is 6.83. The number of carboxylic acid groups (broad SMARTS) is 2. The molecule has 12 nitrogen and oxygen atoms in total. The smallest absolute Gasteiger partial charge is 0.478 e. The first-order valence-electron chi connectivity index (χ1n) is 3.77. The second-order valence-corrected chi connectivity index (χ2v) is 5.22. The summed E-state index contributed by atoms with van der Waals surface area (Å²) in [5, 5.41) is 16.0. The Hall–Kier alpha value is -0.840. The number of rotatable bonds is 5. The molecule has 0 aromatic carbocycles. The third kappa shape index (κ3) is 17.6. The van der Waals surface area contributed by atoms with Crippen LogP contribution in [0.3, 0.4) is 0 Å². The van der Waals surface area contributed by atoms with Gasteiger partial charge >= 0.3 is 27.6 Å². The van der Waals surface area contributed by atoms with E-state index >= 15 is 0 Å². The molecule has 1 unspecified atom stereocenters. The van der Waals surface area contributed by atoms with E-state index in [1.54, 1.807) is 0 Å². The molecule has 0 aliphatic carbocycles. The molecule has 0 bridgehead atoms. The molecule has 0 aromatic rings. The van der Waals surface area contributed by atoms with Crippen molar-refractivity contribution in [2.24, 2.45) is 5.73 Å². The Morgan fingerprint density at radius 2 is 1.39 bits per heavy atom. The molecule has 0 amide bonds. The van der Waals surface area contributed by atoms with Gasteiger partial charge in [0.25, 0.3) is 0 Å². The topological polar surface area (TPSA) is 225 Å². The van der Waals surface area contributed by atoms with E-state index in [1.165, 1.54) is 0 Å². The molecule has 108 valence electrons. The number of aliphatic carboxylic acids is 2. The summed E-state index contributed by atoms with van der Waals surface area (Å²) in [4.78, 5) is 50.6. The normalized spacial score (nSPS) is 13.2. The Morgan fingerprint density at radius 1 is 1.06 bits per heavy atom. The summed E-state index contributed by atoms with van der Waals surface area (Å²) in [6, 6.07) is -1.29. The highest BCUT2D eigenvalue weighted by Crippen LogP contribution is 2.53. The van der Waals surface area contributed by atoms with Crippen LogP contribution >= 0.6 is 15.6 Å². The van der Waals surface area contributed by atoms with E-state index in [-0.39, 0.29) is 0 Å². The Morgan fingerprint density at radius 3 is 1.44 bits per heavy atom. The van der Waals surface area contributed by atoms with Gasteiger partial charge in [0.1, 0.15) is 6.04 Å². The molecule has 0 aliphatic rings. The maximum atomic E-state index is 9.85. The molecule has 0 spiro atoms. The molecule has 14 heteroatoms. The molecule has 0 radical (unpaired) electrons. The number of nitrogens with two attached hydrogens (primary N) is 1. The number of hydrogen-bond donors (Lipinski definition) is 7. The first kappa shape index (κ1) is 19.5. The monoisotopic (exact) mass is 311 g/mol. The summed E-state index contributed by atoms with van der Waals surface area (Å²) < 4.78 is 22.2. The summed E-state index contributed by atoms with van der Waals surface area (Å²) >= 11 is 0. The van der Waals surface area contributed by atoms with E-state index in [0.29, 0.717) is 0 Å². The molecule has 0 saturated carbocycles. The Balaban J connectivity index is 0. The molecule has 1 atom stereocenters. The standard InChI is InChI=1S/C4H7NO4.H4O7P2/c5-2(4(8)9)1-3(6)7;1-8(2,3)7-9(4,5)6/h2H,1,5H2,(H,6,7)(H,8,9);(H2,1,2,3)(H2,4,5,6). The maximum Gasteiger partial charge on any atom is 0.478 e. The van der Waals surface area contributed by atoms with Crippen molar-refractivity contribution in [1.29, 1.82) is 0 Å². The lowest BCUT2D eigenvalue weighted by molar-refractivity contribution is -0.144. The number of hydrogen-bond acceptors (Lipinski definition) is 6. The Kier molecular flexibility index (Phi) is 8.19. The van der Waals surface area contributed by atoms with Gasteiger partial charge in [-0.3, -0.25) is 9.59 Å². The van der Waals surface area contributed by atoms with E-state index in [9.17, 15) is 18.7 Å². The van der Waals surface area contributed by atoms with E-state index in [0.717, 1.165) is 0 Å². The van der Waals surface area contributed by atoms with Gasteiger partial charge in [0.05, 0.1) is 6.42 Å². The van der Waals surface area contributed by atoms with Crippen LogP contribution in [0.25, 0.3) is 0 Å². The van der Waals surface area contributed by atoms with Crippen LogP contribution in [0.1, 0.15) is 6.42 Å². The van der Waals surface area contributed by atoms with Gasteiger partial charge in [0.2, 0.25) is 0 Å². The zero-order chi connectivity index (χ0) is 15.1. The van der Waals surface area contributed by atoms with Crippen molar-refractivity contribution in [3.05, 3.63) is 0 Å². The molecule has 8 N–H and O–H groups in total. The lowest BCUT2D eigenvalue weighted by Crippen LogP contribution is -2.32. The van der Waals surface area contributed by atoms with Gasteiger partial charge in [-0.2, -0.15) is 4.31 Å². The van der Waals surface area contributed by atoms with Crippen LogP contribution in [0.4, 0.5) is 0 Å². The maximum absolute atomic E-state index is 9.85. The molecule has 0 rings (SSSR count). The van der Waals surface area contributed by atoms with Crippen molar-refractivity contribution in [3.63, 3.8) is 0 Å². The molecule has 0 aromatic heterocycles. The van der Waals surface area contributed by atoms with Gasteiger partial charge in [0, 0.05) is 0 Å². The molecule has 0 aliphatic heterocycles. The minimum atomic E-state index is -5.05. The fourth-order valence-corrected chi connectivity index (χ4v) is 1.52. The van der Waals surface area contributed by atoms with Crippen molar-refractivity contribution in [1.82, 2.24) is 0 Å². The minimum Gasteiger partial charge on any atom is -0.481 e. The SMILES string of the molecule is NC(CC(=O)O)C(=O)O.O=P(O)(O)OP(=O)(O)O. The summed E-state index contributed by atoms with van der Waals surface area (Å²) in [5.74, 6) is -2.50. The van der Waals surface area contributed by atoms with Gasteiger partial charge in [-0.1, -0.05) is 0 Å². The zero-order valence-electron chi connectivity index (χ0n) is 8.48. The average molecular weight is 311 g/mol. The third-order valence-corrected chi connectivity index (χ3v) is 2.63. The number of carbonyl (C=O) groups is 2. The Labute approximate surface area is 99.5 Å². The van der Waals surface area contributed by atoms with Crippen molar-refractivity contribution < 1.29 is 52.8 Å². The van der Waals surface area contributed by atoms with Gasteiger partial charge in [-0.05, 0) is 0 Å². The summed E-state index contributed by atoms with van der Waals surface area (Å²) in [6.07, 6.45) is -0.532.